The SMILES string of the molecule is CC(=O)SCC(=Cc1ccc(CN)c(F)c1)B1OC(C)(C)C(C)(C)O1. The molecule has 25 heavy (non-hydrogen) atoms. The van der Waals surface area contributed by atoms with Gasteiger partial charge in [-0.25, -0.2) is 4.39 Å². The van der Waals surface area contributed by atoms with Gasteiger partial charge >= 0.3 is 7.12 Å². The number of carbonyl (C=O) groups excluding carboxylic acids is 1. The molecule has 0 aliphatic carbocycles. The molecular weight excluding hydrogens is 340 g/mol. The van der Waals surface area contributed by atoms with Gasteiger partial charge in [-0.05, 0) is 44.8 Å². The van der Waals surface area contributed by atoms with Crippen molar-refractivity contribution in [2.75, 3.05) is 5.75 Å². The van der Waals surface area contributed by atoms with Gasteiger partial charge in [-0.15, -0.1) is 0 Å². The minimum atomic E-state index is -0.575. The Morgan fingerprint density at radius 1 is 1.28 bits per heavy atom. The molecule has 0 unspecified atom stereocenters. The Kier molecular flexibility index (Phi) is 6.15. The van der Waals surface area contributed by atoms with Gasteiger partial charge in [0.1, 0.15) is 5.82 Å². The molecule has 0 atom stereocenters. The molecule has 7 heteroatoms. The zero-order valence-electron chi connectivity index (χ0n) is 15.4. The number of rotatable bonds is 5. The summed E-state index contributed by atoms with van der Waals surface area (Å²) in [6.07, 6.45) is 1.82. The molecule has 1 fully saturated rings. The molecule has 0 saturated carbocycles. The molecule has 0 spiro atoms. The van der Waals surface area contributed by atoms with Gasteiger partial charge in [-0.1, -0.05) is 30.0 Å². The second kappa shape index (κ2) is 7.62. The molecular formula is C18H25BFNO3S. The predicted molar refractivity (Wildman–Crippen MR) is 101 cm³/mol. The number of hydrogen-bond acceptors (Lipinski definition) is 5. The minimum Gasteiger partial charge on any atom is -0.400 e. The lowest BCUT2D eigenvalue weighted by Gasteiger charge is -2.32. The Morgan fingerprint density at radius 3 is 2.36 bits per heavy atom. The van der Waals surface area contributed by atoms with Crippen LogP contribution < -0.4 is 5.73 Å². The smallest absolute Gasteiger partial charge is 0.400 e. The van der Waals surface area contributed by atoms with Gasteiger partial charge in [-0.2, -0.15) is 0 Å². The maximum atomic E-state index is 14.0. The van der Waals surface area contributed by atoms with Crippen molar-refractivity contribution in [3.8, 4) is 0 Å². The molecule has 1 aromatic rings. The van der Waals surface area contributed by atoms with Gasteiger partial charge in [0.2, 0.25) is 0 Å². The van der Waals surface area contributed by atoms with E-state index in [-0.39, 0.29) is 17.5 Å². The molecule has 1 aliphatic rings. The van der Waals surface area contributed by atoms with Crippen LogP contribution in [-0.4, -0.2) is 29.2 Å². The third-order valence-electron chi connectivity index (χ3n) is 4.65. The third-order valence-corrected chi connectivity index (χ3v) is 5.53. The first-order chi connectivity index (χ1) is 11.6. The molecule has 1 heterocycles. The number of hydrogen-bond donors (Lipinski definition) is 1. The number of nitrogens with two attached hydrogens (primary N) is 1. The van der Waals surface area contributed by atoms with E-state index in [4.69, 9.17) is 15.0 Å². The summed E-state index contributed by atoms with van der Waals surface area (Å²) >= 11 is 1.18. The lowest BCUT2D eigenvalue weighted by atomic mass is 9.78. The summed E-state index contributed by atoms with van der Waals surface area (Å²) in [6.45, 7) is 9.55. The quantitative estimate of drug-likeness (QED) is 0.809. The van der Waals surface area contributed by atoms with Crippen molar-refractivity contribution in [1.29, 1.82) is 0 Å². The van der Waals surface area contributed by atoms with E-state index < -0.39 is 18.3 Å². The number of thioether (sulfide) groups is 1. The summed E-state index contributed by atoms with van der Waals surface area (Å²) < 4.78 is 26.2. The fourth-order valence-corrected chi connectivity index (χ4v) is 2.98. The van der Waals surface area contributed by atoms with Crippen LogP contribution >= 0.6 is 11.8 Å². The average molecular weight is 365 g/mol. The van der Waals surface area contributed by atoms with Crippen molar-refractivity contribution >= 4 is 30.1 Å². The van der Waals surface area contributed by atoms with E-state index in [1.807, 2.05) is 33.8 Å². The van der Waals surface area contributed by atoms with Crippen molar-refractivity contribution in [2.45, 2.75) is 52.4 Å². The van der Waals surface area contributed by atoms with Crippen LogP contribution in [0.2, 0.25) is 0 Å². The van der Waals surface area contributed by atoms with Crippen LogP contribution in [0.25, 0.3) is 6.08 Å². The Balaban J connectivity index is 2.33. The second-order valence-corrected chi connectivity index (χ2v) is 8.29. The van der Waals surface area contributed by atoms with Crippen LogP contribution in [0.15, 0.2) is 23.7 Å². The molecule has 1 aliphatic heterocycles. The lowest BCUT2D eigenvalue weighted by molar-refractivity contribution is -0.109. The molecule has 1 saturated heterocycles. The molecule has 0 bridgehead atoms. The Hall–Kier alpha value is -1.15. The molecule has 2 rings (SSSR count). The van der Waals surface area contributed by atoms with Gasteiger partial charge in [0.15, 0.2) is 5.12 Å². The summed E-state index contributed by atoms with van der Waals surface area (Å²) in [7, 11) is -0.575. The second-order valence-electron chi connectivity index (χ2n) is 7.14. The summed E-state index contributed by atoms with van der Waals surface area (Å²) in [5, 5.41) is 0.00655. The maximum Gasteiger partial charge on any atom is 0.491 e. The topological polar surface area (TPSA) is 61.6 Å². The fraction of sp³-hybridized carbons (Fsp3) is 0.500. The highest BCUT2D eigenvalue weighted by Gasteiger charge is 2.52. The van der Waals surface area contributed by atoms with Crippen molar-refractivity contribution in [1.82, 2.24) is 0 Å². The van der Waals surface area contributed by atoms with Crippen LogP contribution in [0.5, 0.6) is 0 Å². The van der Waals surface area contributed by atoms with Crippen LogP contribution in [0.3, 0.4) is 0 Å². The van der Waals surface area contributed by atoms with E-state index in [0.29, 0.717) is 16.9 Å². The highest BCUT2D eigenvalue weighted by atomic mass is 32.2. The maximum absolute atomic E-state index is 14.0. The van der Waals surface area contributed by atoms with Crippen LogP contribution in [-0.2, 0) is 20.6 Å². The van der Waals surface area contributed by atoms with E-state index in [9.17, 15) is 9.18 Å². The fourth-order valence-electron chi connectivity index (χ4n) is 2.39. The zero-order valence-corrected chi connectivity index (χ0v) is 16.2. The number of halogens is 1. The Bertz CT molecular complexity index is 675. The molecule has 1 aromatic carbocycles. The largest absolute Gasteiger partial charge is 0.491 e. The van der Waals surface area contributed by atoms with Crippen molar-refractivity contribution < 1.29 is 18.5 Å². The van der Waals surface area contributed by atoms with Crippen LogP contribution in [0.4, 0.5) is 4.39 Å². The van der Waals surface area contributed by atoms with E-state index in [1.54, 1.807) is 12.1 Å². The van der Waals surface area contributed by atoms with Crippen molar-refractivity contribution in [2.24, 2.45) is 5.73 Å². The first-order valence-corrected chi connectivity index (χ1v) is 9.22. The Labute approximate surface area is 153 Å². The molecule has 0 radical (unpaired) electrons. The van der Waals surface area contributed by atoms with Crippen LogP contribution in [0, 0.1) is 5.82 Å². The molecule has 4 nitrogen and oxygen atoms in total. The molecule has 2 N–H and O–H groups in total. The van der Waals surface area contributed by atoms with Crippen molar-refractivity contribution in [3.05, 3.63) is 40.6 Å². The summed E-state index contributed by atoms with van der Waals surface area (Å²) in [5.41, 5.74) is 6.49. The number of carbonyl (C=O) groups is 1. The highest BCUT2D eigenvalue weighted by Crippen LogP contribution is 2.39. The molecule has 0 aromatic heterocycles. The van der Waals surface area contributed by atoms with Crippen LogP contribution in [0.1, 0.15) is 45.7 Å². The Morgan fingerprint density at radius 2 is 1.88 bits per heavy atom. The summed E-state index contributed by atoms with van der Waals surface area (Å²) in [6, 6.07) is 4.90. The predicted octanol–water partition coefficient (Wildman–Crippen LogP) is 3.58. The van der Waals surface area contributed by atoms with Crippen molar-refractivity contribution in [3.63, 3.8) is 0 Å². The lowest BCUT2D eigenvalue weighted by Crippen LogP contribution is -2.41. The van der Waals surface area contributed by atoms with Gasteiger partial charge in [0.05, 0.1) is 11.2 Å². The van der Waals surface area contributed by atoms with Gasteiger partial charge in [-0.3, -0.25) is 4.79 Å². The zero-order chi connectivity index (χ0) is 18.8. The van der Waals surface area contributed by atoms with Gasteiger partial charge in [0.25, 0.3) is 0 Å². The summed E-state index contributed by atoms with van der Waals surface area (Å²) in [5.74, 6) is 0.0793. The third kappa shape index (κ3) is 4.73. The normalized spacial score (nSPS) is 19.3. The van der Waals surface area contributed by atoms with E-state index in [1.165, 1.54) is 24.8 Å². The minimum absolute atomic E-state index is 0.00655. The highest BCUT2D eigenvalue weighted by molar-refractivity contribution is 8.13. The van der Waals surface area contributed by atoms with E-state index in [2.05, 4.69) is 0 Å². The average Bonchev–Trinajstić information content (AvgIpc) is 2.71. The first kappa shape index (κ1) is 20.2. The standard InChI is InChI=1S/C18H25BFNO3S/c1-12(22)25-11-15(19-23-17(2,3)18(4,5)24-19)8-13-6-7-14(10-21)16(20)9-13/h6-9H,10-11,21H2,1-5H3. The summed E-state index contributed by atoms with van der Waals surface area (Å²) in [4.78, 5) is 11.4. The monoisotopic (exact) mass is 365 g/mol. The number of benzene rings is 1. The molecule has 136 valence electrons. The van der Waals surface area contributed by atoms with E-state index >= 15 is 0 Å². The van der Waals surface area contributed by atoms with E-state index in [0.717, 1.165) is 5.47 Å². The van der Waals surface area contributed by atoms with Gasteiger partial charge in [0, 0.05) is 24.8 Å². The first-order valence-electron chi connectivity index (χ1n) is 8.23. The van der Waals surface area contributed by atoms with Gasteiger partial charge < -0.3 is 15.0 Å². The molecule has 0 amide bonds.